The van der Waals surface area contributed by atoms with Crippen molar-refractivity contribution >= 4 is 52.1 Å². The molecule has 2 aliphatic rings. The molecule has 0 radical (unpaired) electrons. The van der Waals surface area contributed by atoms with Crippen molar-refractivity contribution in [2.75, 3.05) is 24.5 Å². The second-order valence-electron chi connectivity index (χ2n) is 10.8. The number of aromatic nitrogens is 4. The number of anilines is 1. The van der Waals surface area contributed by atoms with E-state index in [1.54, 1.807) is 6.07 Å². The lowest BCUT2D eigenvalue weighted by Crippen LogP contribution is -2.47. The molecule has 10 nitrogen and oxygen atoms in total. The molecule has 4 heterocycles. The molecule has 0 bridgehead atoms. The zero-order chi connectivity index (χ0) is 31.5. The number of carbonyl (C=O) groups is 2. The number of rotatable bonds is 7. The van der Waals surface area contributed by atoms with Crippen LogP contribution in [0, 0.1) is 6.92 Å². The smallest absolute Gasteiger partial charge is 0.481 e. The number of hydrogen-bond donors (Lipinski definition) is 2. The van der Waals surface area contributed by atoms with E-state index < -0.39 is 18.1 Å². The molecule has 0 spiro atoms. The maximum atomic E-state index is 11.1. The molecular weight excluding hydrogens is 612 g/mol. The summed E-state index contributed by atoms with van der Waals surface area (Å²) in [6, 6.07) is 6.29. The Morgan fingerprint density at radius 1 is 1.12 bits per heavy atom. The lowest BCUT2D eigenvalue weighted by Gasteiger charge is -2.39. The summed E-state index contributed by atoms with van der Waals surface area (Å²) >= 11 is 12.6. The van der Waals surface area contributed by atoms with E-state index in [1.165, 1.54) is 0 Å². The van der Waals surface area contributed by atoms with Gasteiger partial charge in [0.2, 0.25) is 0 Å². The van der Waals surface area contributed by atoms with Gasteiger partial charge in [0.25, 0.3) is 0 Å². The van der Waals surface area contributed by atoms with Crippen LogP contribution in [-0.2, 0) is 9.59 Å². The number of halogens is 5. The number of aryl methyl sites for hydroxylation is 1. The third kappa shape index (κ3) is 7.87. The molecule has 3 aromatic rings. The maximum Gasteiger partial charge on any atom is 0.490 e. The third-order valence-corrected chi connectivity index (χ3v) is 8.51. The van der Waals surface area contributed by atoms with Crippen molar-refractivity contribution in [1.29, 1.82) is 0 Å². The lowest BCUT2D eigenvalue weighted by atomic mass is 10.0. The van der Waals surface area contributed by atoms with Gasteiger partial charge in [-0.05, 0) is 70.2 Å². The van der Waals surface area contributed by atoms with Crippen molar-refractivity contribution in [3.63, 3.8) is 0 Å². The van der Waals surface area contributed by atoms with Gasteiger partial charge in [0.05, 0.1) is 17.9 Å². The SMILES string of the molecule is Cc1nn(C(C)c2ccc(Cl)cc2Cl)c2nc(N3CCC(N4CCC[C@H]4CCC(=O)O)CC3)cnc12.O=C(O)C(F)(F)F. The van der Waals surface area contributed by atoms with Crippen molar-refractivity contribution < 1.29 is 33.0 Å². The molecule has 234 valence electrons. The fraction of sp³-hybridized carbons (Fsp3) is 0.536. The van der Waals surface area contributed by atoms with Crippen LogP contribution in [0.5, 0.6) is 0 Å². The van der Waals surface area contributed by atoms with Gasteiger partial charge in [-0.15, -0.1) is 0 Å². The Kier molecular flexibility index (Phi) is 10.4. The van der Waals surface area contributed by atoms with Crippen LogP contribution in [0.15, 0.2) is 24.4 Å². The van der Waals surface area contributed by atoms with E-state index in [0.717, 1.165) is 80.0 Å². The minimum absolute atomic E-state index is 0.126. The molecule has 2 N–H and O–H groups in total. The Morgan fingerprint density at radius 3 is 2.40 bits per heavy atom. The van der Waals surface area contributed by atoms with Gasteiger partial charge in [-0.1, -0.05) is 29.3 Å². The molecule has 2 atom stereocenters. The molecule has 15 heteroatoms. The van der Waals surface area contributed by atoms with Gasteiger partial charge in [-0.2, -0.15) is 18.3 Å². The topological polar surface area (TPSA) is 125 Å². The fourth-order valence-corrected chi connectivity index (χ4v) is 6.37. The highest BCUT2D eigenvalue weighted by Gasteiger charge is 2.38. The zero-order valence-corrected chi connectivity index (χ0v) is 25.2. The molecule has 43 heavy (non-hydrogen) atoms. The zero-order valence-electron chi connectivity index (χ0n) is 23.7. The molecule has 2 fully saturated rings. The van der Waals surface area contributed by atoms with Gasteiger partial charge in [-0.25, -0.2) is 19.4 Å². The molecule has 0 aliphatic carbocycles. The first-order valence-electron chi connectivity index (χ1n) is 14.0. The standard InChI is InChI=1S/C26H32Cl2N6O2.C2HF3O2/c1-16-25-26(34(31-16)17(2)21-7-5-18(27)14-22(21)28)30-23(15-29-25)32-12-9-20(10-13-32)33-11-3-4-19(33)6-8-24(35)36;3-2(4,5)1(6)7/h5,7,14-15,17,19-20H,3-4,6,8-13H2,1-2H3,(H,35,36);(H,6,7)/t17?,19-;/m0./s1. The van der Waals surface area contributed by atoms with E-state index in [2.05, 4.69) is 16.7 Å². The van der Waals surface area contributed by atoms with Gasteiger partial charge >= 0.3 is 18.1 Å². The van der Waals surface area contributed by atoms with Crippen LogP contribution in [0.4, 0.5) is 19.0 Å². The summed E-state index contributed by atoms with van der Waals surface area (Å²) in [7, 11) is 0. The highest BCUT2D eigenvalue weighted by atomic mass is 35.5. The summed E-state index contributed by atoms with van der Waals surface area (Å²) in [5.74, 6) is -2.60. The number of fused-ring (bicyclic) bond motifs is 1. The summed E-state index contributed by atoms with van der Waals surface area (Å²) in [6.45, 7) is 6.88. The van der Waals surface area contributed by atoms with E-state index in [0.29, 0.717) is 22.1 Å². The average Bonchev–Trinajstić information content (AvgIpc) is 3.55. The van der Waals surface area contributed by atoms with Gasteiger partial charge in [0, 0.05) is 41.6 Å². The van der Waals surface area contributed by atoms with Crippen LogP contribution in [0.3, 0.4) is 0 Å². The number of nitrogens with zero attached hydrogens (tertiary/aromatic N) is 6. The predicted molar refractivity (Wildman–Crippen MR) is 156 cm³/mol. The van der Waals surface area contributed by atoms with Gasteiger partial charge in [0.15, 0.2) is 5.65 Å². The van der Waals surface area contributed by atoms with Crippen molar-refractivity contribution in [1.82, 2.24) is 24.6 Å². The quantitative estimate of drug-likeness (QED) is 0.319. The number of piperidine rings is 1. The number of carboxylic acids is 2. The van der Waals surface area contributed by atoms with Crippen LogP contribution in [0.25, 0.3) is 11.2 Å². The molecule has 5 rings (SSSR count). The monoisotopic (exact) mass is 644 g/mol. The second kappa shape index (κ2) is 13.6. The van der Waals surface area contributed by atoms with Crippen molar-refractivity contribution in [2.24, 2.45) is 0 Å². The Morgan fingerprint density at radius 2 is 1.79 bits per heavy atom. The lowest BCUT2D eigenvalue weighted by molar-refractivity contribution is -0.192. The molecule has 1 unspecified atom stereocenters. The van der Waals surface area contributed by atoms with Crippen LogP contribution in [0.2, 0.25) is 10.0 Å². The Labute approximate surface area is 256 Å². The first kappa shape index (κ1) is 32.7. The predicted octanol–water partition coefficient (Wildman–Crippen LogP) is 5.98. The Bertz CT molecular complexity index is 1460. The minimum atomic E-state index is -5.08. The largest absolute Gasteiger partial charge is 0.490 e. The molecule has 2 saturated heterocycles. The summed E-state index contributed by atoms with van der Waals surface area (Å²) in [6.07, 6.45) is 2.11. The number of benzene rings is 1. The molecular formula is C28H33Cl2F3N6O4. The van der Waals surface area contributed by atoms with Crippen LogP contribution >= 0.6 is 23.2 Å². The van der Waals surface area contributed by atoms with Crippen LogP contribution in [-0.4, -0.2) is 84.7 Å². The number of carboxylic acid groups (broad SMARTS) is 2. The summed E-state index contributed by atoms with van der Waals surface area (Å²) in [5.41, 5.74) is 3.31. The molecule has 0 saturated carbocycles. The normalized spacial score (nSPS) is 18.9. The van der Waals surface area contributed by atoms with Crippen LogP contribution < -0.4 is 4.90 Å². The second-order valence-corrected chi connectivity index (χ2v) is 11.6. The summed E-state index contributed by atoms with van der Waals surface area (Å²) < 4.78 is 33.6. The Balaban J connectivity index is 0.000000541. The first-order chi connectivity index (χ1) is 20.3. The Hall–Kier alpha value is -3.16. The number of hydrogen-bond acceptors (Lipinski definition) is 7. The van der Waals surface area contributed by atoms with Gasteiger partial charge < -0.3 is 15.1 Å². The highest BCUT2D eigenvalue weighted by Crippen LogP contribution is 2.32. The minimum Gasteiger partial charge on any atom is -0.481 e. The molecule has 1 aromatic carbocycles. The van der Waals surface area contributed by atoms with Crippen LogP contribution in [0.1, 0.15) is 62.7 Å². The van der Waals surface area contributed by atoms with Crippen molar-refractivity contribution in [3.8, 4) is 0 Å². The molecule has 0 amide bonds. The first-order valence-corrected chi connectivity index (χ1v) is 14.7. The van der Waals surface area contributed by atoms with Crippen molar-refractivity contribution in [3.05, 3.63) is 45.7 Å². The third-order valence-electron chi connectivity index (χ3n) is 7.95. The van der Waals surface area contributed by atoms with E-state index in [9.17, 15) is 18.0 Å². The highest BCUT2D eigenvalue weighted by molar-refractivity contribution is 6.35. The van der Waals surface area contributed by atoms with Gasteiger partial charge in [0.1, 0.15) is 11.3 Å². The van der Waals surface area contributed by atoms with E-state index in [-0.39, 0.29) is 12.5 Å². The average molecular weight is 646 g/mol. The number of likely N-dealkylation sites (tertiary alicyclic amines) is 1. The summed E-state index contributed by atoms with van der Waals surface area (Å²) in [4.78, 5) is 34.6. The maximum absolute atomic E-state index is 11.1. The fourth-order valence-electron chi connectivity index (χ4n) is 5.80. The van der Waals surface area contributed by atoms with E-state index >= 15 is 0 Å². The summed E-state index contributed by atoms with van der Waals surface area (Å²) in [5, 5.41) is 22.2. The number of alkyl halides is 3. The van der Waals surface area contributed by atoms with E-state index in [4.69, 9.17) is 53.3 Å². The molecule has 2 aliphatic heterocycles. The number of aliphatic carboxylic acids is 2. The van der Waals surface area contributed by atoms with Gasteiger partial charge in [-0.3, -0.25) is 9.69 Å². The molecule has 2 aromatic heterocycles. The van der Waals surface area contributed by atoms with Crippen molar-refractivity contribution in [2.45, 2.75) is 76.7 Å². The van der Waals surface area contributed by atoms with E-state index in [1.807, 2.05) is 29.9 Å².